The summed E-state index contributed by atoms with van der Waals surface area (Å²) in [6, 6.07) is 5.65. The summed E-state index contributed by atoms with van der Waals surface area (Å²) in [6.45, 7) is 3.28. The molecule has 0 spiro atoms. The third kappa shape index (κ3) is 3.61. The summed E-state index contributed by atoms with van der Waals surface area (Å²) in [5, 5.41) is 18.1. The fraction of sp³-hybridized carbons (Fsp3) is 0.500. The van der Waals surface area contributed by atoms with Gasteiger partial charge in [-0.25, -0.2) is 0 Å². The van der Waals surface area contributed by atoms with Gasteiger partial charge in [-0.2, -0.15) is 0 Å². The van der Waals surface area contributed by atoms with E-state index in [0.717, 1.165) is 11.3 Å². The van der Waals surface area contributed by atoms with Gasteiger partial charge in [-0.3, -0.25) is 9.69 Å². The van der Waals surface area contributed by atoms with Crippen molar-refractivity contribution in [1.82, 2.24) is 4.90 Å². The predicted octanol–water partition coefficient (Wildman–Crippen LogP) is 0.930. The number of hydrogen-bond acceptors (Lipinski definition) is 5. The Bertz CT molecular complexity index is 477. The molecule has 0 bridgehead atoms. The number of fused-ring (bicyclic) bond motifs is 1. The van der Waals surface area contributed by atoms with Crippen LogP contribution < -0.4 is 9.47 Å². The first-order valence-electron chi connectivity index (χ1n) is 6.54. The third-order valence-electron chi connectivity index (χ3n) is 3.21. The second kappa shape index (κ2) is 6.58. The highest BCUT2D eigenvalue weighted by atomic mass is 16.7. The van der Waals surface area contributed by atoms with Crippen molar-refractivity contribution in [2.24, 2.45) is 5.92 Å². The van der Waals surface area contributed by atoms with E-state index in [1.807, 2.05) is 23.1 Å². The Balaban J connectivity index is 2.02. The molecule has 0 aromatic heterocycles. The van der Waals surface area contributed by atoms with Crippen molar-refractivity contribution < 1.29 is 24.5 Å². The minimum Gasteiger partial charge on any atom is -0.481 e. The van der Waals surface area contributed by atoms with E-state index in [2.05, 4.69) is 0 Å². The van der Waals surface area contributed by atoms with Gasteiger partial charge in [-0.15, -0.1) is 0 Å². The lowest BCUT2D eigenvalue weighted by atomic mass is 10.1. The van der Waals surface area contributed by atoms with Crippen LogP contribution in [0.15, 0.2) is 18.2 Å². The van der Waals surface area contributed by atoms with Crippen LogP contribution in [-0.2, 0) is 11.3 Å². The van der Waals surface area contributed by atoms with Gasteiger partial charge in [0, 0.05) is 19.6 Å². The smallest absolute Gasteiger partial charge is 0.307 e. The molecule has 20 heavy (non-hydrogen) atoms. The van der Waals surface area contributed by atoms with Crippen LogP contribution in [0.2, 0.25) is 0 Å². The molecule has 0 saturated heterocycles. The molecule has 6 nitrogen and oxygen atoms in total. The second-order valence-corrected chi connectivity index (χ2v) is 4.89. The number of benzene rings is 1. The maximum atomic E-state index is 10.9. The molecule has 1 heterocycles. The van der Waals surface area contributed by atoms with Crippen molar-refractivity contribution in [3.63, 3.8) is 0 Å². The van der Waals surface area contributed by atoms with Crippen LogP contribution in [0.5, 0.6) is 11.5 Å². The lowest BCUT2D eigenvalue weighted by Crippen LogP contribution is -2.33. The maximum absolute atomic E-state index is 10.9. The Morgan fingerprint density at radius 2 is 2.15 bits per heavy atom. The summed E-state index contributed by atoms with van der Waals surface area (Å²) in [5.41, 5.74) is 1.00. The molecular weight excluding hydrogens is 262 g/mol. The van der Waals surface area contributed by atoms with E-state index < -0.39 is 11.9 Å². The Morgan fingerprint density at radius 1 is 1.40 bits per heavy atom. The van der Waals surface area contributed by atoms with Gasteiger partial charge in [-0.05, 0) is 17.7 Å². The van der Waals surface area contributed by atoms with Crippen molar-refractivity contribution in [3.05, 3.63) is 23.8 Å². The highest BCUT2D eigenvalue weighted by Crippen LogP contribution is 2.32. The summed E-state index contributed by atoms with van der Waals surface area (Å²) >= 11 is 0. The summed E-state index contributed by atoms with van der Waals surface area (Å²) in [7, 11) is 0. The van der Waals surface area contributed by atoms with E-state index in [4.69, 9.17) is 19.7 Å². The molecule has 1 aliphatic heterocycles. The second-order valence-electron chi connectivity index (χ2n) is 4.89. The largest absolute Gasteiger partial charge is 0.481 e. The quantitative estimate of drug-likeness (QED) is 0.774. The van der Waals surface area contributed by atoms with Crippen molar-refractivity contribution >= 4 is 5.97 Å². The molecule has 110 valence electrons. The Kier molecular flexibility index (Phi) is 4.81. The number of carbonyl (C=O) groups is 1. The van der Waals surface area contributed by atoms with E-state index in [1.165, 1.54) is 0 Å². The average molecular weight is 281 g/mol. The summed E-state index contributed by atoms with van der Waals surface area (Å²) in [4.78, 5) is 12.8. The fourth-order valence-electron chi connectivity index (χ4n) is 2.14. The number of rotatable bonds is 7. The molecule has 0 fully saturated rings. The molecule has 1 atom stereocenters. The molecule has 1 aromatic rings. The van der Waals surface area contributed by atoms with Crippen LogP contribution in [-0.4, -0.2) is 47.6 Å². The van der Waals surface area contributed by atoms with Crippen LogP contribution in [0.3, 0.4) is 0 Å². The molecule has 2 N–H and O–H groups in total. The normalized spacial score (nSPS) is 14.6. The zero-order chi connectivity index (χ0) is 14.5. The maximum Gasteiger partial charge on any atom is 0.307 e. The first kappa shape index (κ1) is 14.6. The van der Waals surface area contributed by atoms with Crippen molar-refractivity contribution in [2.45, 2.75) is 13.5 Å². The lowest BCUT2D eigenvalue weighted by Gasteiger charge is -2.23. The minimum atomic E-state index is -0.835. The molecule has 1 unspecified atom stereocenters. The molecule has 6 heteroatoms. The molecule has 1 aromatic carbocycles. The van der Waals surface area contributed by atoms with Gasteiger partial charge in [0.25, 0.3) is 0 Å². The summed E-state index contributed by atoms with van der Waals surface area (Å²) in [6.07, 6.45) is 0. The average Bonchev–Trinajstić information content (AvgIpc) is 2.86. The molecular formula is C14H19NO5. The van der Waals surface area contributed by atoms with E-state index in [1.54, 1.807) is 6.92 Å². The van der Waals surface area contributed by atoms with Gasteiger partial charge in [0.05, 0.1) is 12.5 Å². The predicted molar refractivity (Wildman–Crippen MR) is 71.7 cm³/mol. The summed E-state index contributed by atoms with van der Waals surface area (Å²) < 4.78 is 10.6. The number of carboxylic acids is 1. The van der Waals surface area contributed by atoms with E-state index >= 15 is 0 Å². The van der Waals surface area contributed by atoms with Crippen LogP contribution in [0.4, 0.5) is 0 Å². The first-order chi connectivity index (χ1) is 9.60. The molecule has 0 saturated carbocycles. The SMILES string of the molecule is CC(CN(CCO)Cc1ccc2c(c1)OCO2)C(=O)O. The Morgan fingerprint density at radius 3 is 2.85 bits per heavy atom. The topological polar surface area (TPSA) is 79.2 Å². The van der Waals surface area contributed by atoms with Crippen molar-refractivity contribution in [3.8, 4) is 11.5 Å². The van der Waals surface area contributed by atoms with E-state index in [0.29, 0.717) is 25.4 Å². The van der Waals surface area contributed by atoms with Crippen LogP contribution in [0.25, 0.3) is 0 Å². The summed E-state index contributed by atoms with van der Waals surface area (Å²) in [5.74, 6) is 0.119. The number of aliphatic carboxylic acids is 1. The Labute approximate surface area is 117 Å². The van der Waals surface area contributed by atoms with E-state index in [9.17, 15) is 4.79 Å². The molecule has 0 radical (unpaired) electrons. The number of nitrogens with zero attached hydrogens (tertiary/aromatic N) is 1. The Hall–Kier alpha value is -1.79. The molecule has 0 amide bonds. The third-order valence-corrected chi connectivity index (χ3v) is 3.21. The van der Waals surface area contributed by atoms with Gasteiger partial charge in [0.15, 0.2) is 11.5 Å². The monoisotopic (exact) mass is 281 g/mol. The number of aliphatic hydroxyl groups is 1. The minimum absolute atomic E-state index is 0.00308. The zero-order valence-corrected chi connectivity index (χ0v) is 11.4. The lowest BCUT2D eigenvalue weighted by molar-refractivity contribution is -0.141. The number of carboxylic acid groups (broad SMARTS) is 1. The molecule has 2 rings (SSSR count). The van der Waals surface area contributed by atoms with Crippen LogP contribution >= 0.6 is 0 Å². The van der Waals surface area contributed by atoms with Crippen molar-refractivity contribution in [2.75, 3.05) is 26.5 Å². The fourth-order valence-corrected chi connectivity index (χ4v) is 2.14. The van der Waals surface area contributed by atoms with Gasteiger partial charge in [0.1, 0.15) is 0 Å². The van der Waals surface area contributed by atoms with Gasteiger partial charge >= 0.3 is 5.97 Å². The highest BCUT2D eigenvalue weighted by Gasteiger charge is 2.18. The highest BCUT2D eigenvalue weighted by molar-refractivity contribution is 5.69. The molecule has 1 aliphatic rings. The van der Waals surface area contributed by atoms with Gasteiger partial charge in [-0.1, -0.05) is 13.0 Å². The van der Waals surface area contributed by atoms with Crippen LogP contribution in [0.1, 0.15) is 12.5 Å². The molecule has 0 aliphatic carbocycles. The van der Waals surface area contributed by atoms with Gasteiger partial charge < -0.3 is 19.7 Å². The van der Waals surface area contributed by atoms with E-state index in [-0.39, 0.29) is 13.4 Å². The van der Waals surface area contributed by atoms with Crippen molar-refractivity contribution in [1.29, 1.82) is 0 Å². The first-order valence-corrected chi connectivity index (χ1v) is 6.54. The number of ether oxygens (including phenoxy) is 2. The van der Waals surface area contributed by atoms with Crippen LogP contribution in [0, 0.1) is 5.92 Å². The number of aliphatic hydroxyl groups excluding tert-OH is 1. The standard InChI is InChI=1S/C14H19NO5/c1-10(14(17)18)7-15(4-5-16)8-11-2-3-12-13(6-11)20-9-19-12/h2-3,6,10,16H,4-5,7-9H2,1H3,(H,17,18). The number of hydrogen-bond donors (Lipinski definition) is 2. The van der Waals surface area contributed by atoms with Gasteiger partial charge in [0.2, 0.25) is 6.79 Å². The zero-order valence-electron chi connectivity index (χ0n) is 11.4.